The Labute approximate surface area is 173 Å². The van der Waals surface area contributed by atoms with E-state index in [2.05, 4.69) is 10.6 Å². The summed E-state index contributed by atoms with van der Waals surface area (Å²) in [5.41, 5.74) is 8.43. The van der Waals surface area contributed by atoms with E-state index in [-0.39, 0.29) is 49.7 Å². The summed E-state index contributed by atoms with van der Waals surface area (Å²) < 4.78 is 0. The van der Waals surface area contributed by atoms with E-state index in [4.69, 9.17) is 5.73 Å². The Kier molecular flexibility index (Phi) is 5.33. The first kappa shape index (κ1) is 19.8. The molecule has 8 nitrogen and oxygen atoms in total. The van der Waals surface area contributed by atoms with Gasteiger partial charge in [0.05, 0.1) is 0 Å². The highest BCUT2D eigenvalue weighted by Gasteiger charge is 2.40. The quantitative estimate of drug-likeness (QED) is 0.637. The van der Waals surface area contributed by atoms with Crippen molar-refractivity contribution in [3.63, 3.8) is 0 Å². The summed E-state index contributed by atoms with van der Waals surface area (Å²) in [7, 11) is 0. The van der Waals surface area contributed by atoms with E-state index < -0.39 is 11.9 Å². The minimum Gasteiger partial charge on any atom is -0.350 e. The predicted octanol–water partition coefficient (Wildman–Crippen LogP) is 0.877. The van der Waals surface area contributed by atoms with Crippen LogP contribution in [0.3, 0.4) is 0 Å². The summed E-state index contributed by atoms with van der Waals surface area (Å²) in [6, 6.07) is 13.3. The monoisotopic (exact) mass is 406 g/mol. The molecule has 2 aliphatic heterocycles. The Hall–Kier alpha value is -3.52. The van der Waals surface area contributed by atoms with Crippen LogP contribution in [-0.4, -0.2) is 41.1 Å². The van der Waals surface area contributed by atoms with Crippen molar-refractivity contribution >= 4 is 23.6 Å². The van der Waals surface area contributed by atoms with Gasteiger partial charge in [-0.1, -0.05) is 36.4 Å². The van der Waals surface area contributed by atoms with E-state index in [0.29, 0.717) is 16.7 Å². The van der Waals surface area contributed by atoms with Crippen molar-refractivity contribution in [2.75, 3.05) is 6.54 Å². The zero-order valence-electron chi connectivity index (χ0n) is 16.3. The second-order valence-corrected chi connectivity index (χ2v) is 7.46. The molecule has 0 aromatic heterocycles. The molecule has 4 rings (SSSR count). The Balaban J connectivity index is 1.49. The molecule has 2 heterocycles. The maximum atomic E-state index is 12.9. The SMILES string of the molecule is NC(CNC(=O)c1cccc2c1CN(C1CCC(=O)NC1=O)C2=O)c1ccccc1. The van der Waals surface area contributed by atoms with Crippen LogP contribution in [0.25, 0.3) is 0 Å². The number of carbonyl (C=O) groups excluding carboxylic acids is 4. The van der Waals surface area contributed by atoms with Gasteiger partial charge in [0.2, 0.25) is 11.8 Å². The highest BCUT2D eigenvalue weighted by Crippen LogP contribution is 2.29. The van der Waals surface area contributed by atoms with Crippen LogP contribution < -0.4 is 16.4 Å². The van der Waals surface area contributed by atoms with Crippen LogP contribution in [0.5, 0.6) is 0 Å². The fourth-order valence-corrected chi connectivity index (χ4v) is 3.91. The number of nitrogens with two attached hydrogens (primary N) is 1. The summed E-state index contributed by atoms with van der Waals surface area (Å²) in [6.07, 6.45) is 0.457. The highest BCUT2D eigenvalue weighted by molar-refractivity contribution is 6.07. The van der Waals surface area contributed by atoms with Crippen LogP contribution in [0.15, 0.2) is 48.5 Å². The van der Waals surface area contributed by atoms with Crippen molar-refractivity contribution in [2.45, 2.75) is 31.5 Å². The standard InChI is InChI=1S/C22H22N4O4/c23-17(13-5-2-1-3-6-13)11-24-20(28)14-7-4-8-15-16(14)12-26(22(15)30)18-9-10-19(27)25-21(18)29/h1-8,17-18H,9-12,23H2,(H,24,28)(H,25,27,29). The molecule has 1 fully saturated rings. The molecule has 1 saturated heterocycles. The van der Waals surface area contributed by atoms with E-state index >= 15 is 0 Å². The van der Waals surface area contributed by atoms with Crippen molar-refractivity contribution in [3.8, 4) is 0 Å². The number of hydrogen-bond donors (Lipinski definition) is 3. The average molecular weight is 406 g/mol. The fourth-order valence-electron chi connectivity index (χ4n) is 3.91. The first-order valence-corrected chi connectivity index (χ1v) is 9.81. The predicted molar refractivity (Wildman–Crippen MR) is 108 cm³/mol. The molecule has 0 aliphatic carbocycles. The number of rotatable bonds is 5. The van der Waals surface area contributed by atoms with E-state index in [1.165, 1.54) is 4.90 Å². The van der Waals surface area contributed by atoms with Gasteiger partial charge in [-0.15, -0.1) is 0 Å². The Morgan fingerprint density at radius 2 is 1.90 bits per heavy atom. The normalized spacial score (nSPS) is 19.3. The highest BCUT2D eigenvalue weighted by atomic mass is 16.2. The van der Waals surface area contributed by atoms with Crippen LogP contribution in [0.4, 0.5) is 0 Å². The number of nitrogens with zero attached hydrogens (tertiary/aromatic N) is 1. The van der Waals surface area contributed by atoms with Crippen LogP contribution in [0.1, 0.15) is 50.7 Å². The third-order valence-electron chi connectivity index (χ3n) is 5.54. The summed E-state index contributed by atoms with van der Waals surface area (Å²) in [4.78, 5) is 50.7. The molecule has 0 saturated carbocycles. The van der Waals surface area contributed by atoms with Crippen molar-refractivity contribution in [1.29, 1.82) is 0 Å². The molecule has 2 aromatic carbocycles. The van der Waals surface area contributed by atoms with E-state index in [1.807, 2.05) is 30.3 Å². The summed E-state index contributed by atoms with van der Waals surface area (Å²) in [5.74, 6) is -1.45. The molecule has 0 bridgehead atoms. The van der Waals surface area contributed by atoms with Gasteiger partial charge < -0.3 is 16.0 Å². The van der Waals surface area contributed by atoms with Gasteiger partial charge >= 0.3 is 0 Å². The van der Waals surface area contributed by atoms with Crippen LogP contribution in [-0.2, 0) is 16.1 Å². The number of imide groups is 1. The molecular formula is C22H22N4O4. The first-order valence-electron chi connectivity index (χ1n) is 9.81. The lowest BCUT2D eigenvalue weighted by Crippen LogP contribution is -2.52. The third-order valence-corrected chi connectivity index (χ3v) is 5.54. The summed E-state index contributed by atoms with van der Waals surface area (Å²) >= 11 is 0. The van der Waals surface area contributed by atoms with Gasteiger partial charge in [0.25, 0.3) is 11.8 Å². The van der Waals surface area contributed by atoms with E-state index in [9.17, 15) is 19.2 Å². The Morgan fingerprint density at radius 1 is 1.13 bits per heavy atom. The second-order valence-electron chi connectivity index (χ2n) is 7.46. The maximum Gasteiger partial charge on any atom is 0.255 e. The smallest absolute Gasteiger partial charge is 0.255 e. The molecule has 0 radical (unpaired) electrons. The summed E-state index contributed by atoms with van der Waals surface area (Å²) in [6.45, 7) is 0.395. The van der Waals surface area contributed by atoms with Gasteiger partial charge in [0.15, 0.2) is 0 Å². The molecule has 2 aromatic rings. The second kappa shape index (κ2) is 8.08. The van der Waals surface area contributed by atoms with E-state index in [0.717, 1.165) is 5.56 Å². The molecule has 8 heteroatoms. The maximum absolute atomic E-state index is 12.9. The van der Waals surface area contributed by atoms with Gasteiger partial charge in [-0.05, 0) is 29.7 Å². The fraction of sp³-hybridized carbons (Fsp3) is 0.273. The van der Waals surface area contributed by atoms with Gasteiger partial charge in [0, 0.05) is 36.7 Å². The molecule has 30 heavy (non-hydrogen) atoms. The molecule has 2 unspecified atom stereocenters. The zero-order chi connectivity index (χ0) is 21.3. The number of fused-ring (bicyclic) bond motifs is 1. The molecular weight excluding hydrogens is 384 g/mol. The minimum absolute atomic E-state index is 0.148. The zero-order valence-corrected chi connectivity index (χ0v) is 16.3. The molecule has 2 aliphatic rings. The van der Waals surface area contributed by atoms with Gasteiger partial charge in [0.1, 0.15) is 6.04 Å². The van der Waals surface area contributed by atoms with E-state index in [1.54, 1.807) is 18.2 Å². The van der Waals surface area contributed by atoms with Gasteiger partial charge in [-0.3, -0.25) is 24.5 Å². The molecule has 0 spiro atoms. The Morgan fingerprint density at radius 3 is 2.63 bits per heavy atom. The van der Waals surface area contributed by atoms with Crippen LogP contribution >= 0.6 is 0 Å². The molecule has 4 N–H and O–H groups in total. The summed E-state index contributed by atoms with van der Waals surface area (Å²) in [5, 5.41) is 5.11. The Bertz CT molecular complexity index is 1020. The third kappa shape index (κ3) is 3.69. The molecule has 154 valence electrons. The molecule has 4 amide bonds. The number of amides is 4. The van der Waals surface area contributed by atoms with Crippen molar-refractivity contribution in [3.05, 3.63) is 70.8 Å². The van der Waals surface area contributed by atoms with Crippen molar-refractivity contribution in [2.24, 2.45) is 5.73 Å². The van der Waals surface area contributed by atoms with Gasteiger partial charge in [-0.25, -0.2) is 0 Å². The molecule has 2 atom stereocenters. The number of hydrogen-bond acceptors (Lipinski definition) is 5. The average Bonchev–Trinajstić information content (AvgIpc) is 3.09. The van der Waals surface area contributed by atoms with Crippen molar-refractivity contribution in [1.82, 2.24) is 15.5 Å². The number of carbonyl (C=O) groups is 4. The number of nitrogens with one attached hydrogen (secondary N) is 2. The minimum atomic E-state index is -0.718. The lowest BCUT2D eigenvalue weighted by atomic mass is 10.0. The number of benzene rings is 2. The topological polar surface area (TPSA) is 122 Å². The number of piperidine rings is 1. The lowest BCUT2D eigenvalue weighted by molar-refractivity contribution is -0.136. The van der Waals surface area contributed by atoms with Gasteiger partial charge in [-0.2, -0.15) is 0 Å². The largest absolute Gasteiger partial charge is 0.350 e. The van der Waals surface area contributed by atoms with Crippen LogP contribution in [0, 0.1) is 0 Å². The lowest BCUT2D eigenvalue weighted by Gasteiger charge is -2.29. The first-order chi connectivity index (χ1) is 14.5. The van der Waals surface area contributed by atoms with Crippen LogP contribution in [0.2, 0.25) is 0 Å². The van der Waals surface area contributed by atoms with Crippen molar-refractivity contribution < 1.29 is 19.2 Å².